The average molecular weight is 374 g/mol. The van der Waals surface area contributed by atoms with Crippen LogP contribution in [0.3, 0.4) is 0 Å². The van der Waals surface area contributed by atoms with Crippen LogP contribution in [0.4, 0.5) is 11.6 Å². The molecule has 0 aliphatic carbocycles. The van der Waals surface area contributed by atoms with Gasteiger partial charge >= 0.3 is 0 Å². The Morgan fingerprint density at radius 1 is 0.929 bits per heavy atom. The van der Waals surface area contributed by atoms with E-state index in [0.717, 1.165) is 23.9 Å². The van der Waals surface area contributed by atoms with Crippen LogP contribution in [0.25, 0.3) is 0 Å². The molecule has 0 fully saturated rings. The molecule has 2 aromatic carbocycles. The molecule has 2 heterocycles. The Labute approximate surface area is 165 Å². The highest BCUT2D eigenvalue weighted by Gasteiger charge is 2.27. The second-order valence-electron chi connectivity index (χ2n) is 7.65. The van der Waals surface area contributed by atoms with Gasteiger partial charge in [0.25, 0.3) is 5.56 Å². The Balaban J connectivity index is 1.80. The van der Waals surface area contributed by atoms with Crippen LogP contribution in [0.2, 0.25) is 0 Å². The molecule has 3 aromatic rings. The quantitative estimate of drug-likeness (QED) is 0.694. The van der Waals surface area contributed by atoms with Crippen molar-refractivity contribution in [3.8, 4) is 0 Å². The summed E-state index contributed by atoms with van der Waals surface area (Å²) in [5.74, 6) is 0.723. The predicted octanol–water partition coefficient (Wildman–Crippen LogP) is 4.05. The first-order valence-corrected chi connectivity index (χ1v) is 9.63. The Morgan fingerprint density at radius 2 is 1.68 bits per heavy atom. The molecule has 1 aliphatic heterocycles. The van der Waals surface area contributed by atoms with E-state index in [-0.39, 0.29) is 5.56 Å². The van der Waals surface area contributed by atoms with E-state index in [0.29, 0.717) is 18.9 Å². The van der Waals surface area contributed by atoms with Crippen LogP contribution in [-0.2, 0) is 13.2 Å². The second kappa shape index (κ2) is 7.24. The van der Waals surface area contributed by atoms with Crippen molar-refractivity contribution in [3.63, 3.8) is 0 Å². The van der Waals surface area contributed by atoms with E-state index in [1.807, 2.05) is 19.9 Å². The van der Waals surface area contributed by atoms with E-state index < -0.39 is 0 Å². The zero-order valence-corrected chi connectivity index (χ0v) is 16.9. The Bertz CT molecular complexity index is 1070. The van der Waals surface area contributed by atoms with Gasteiger partial charge in [-0.1, -0.05) is 36.4 Å². The molecule has 28 heavy (non-hydrogen) atoms. The fourth-order valence-electron chi connectivity index (χ4n) is 3.62. The van der Waals surface area contributed by atoms with Gasteiger partial charge in [0.15, 0.2) is 0 Å². The van der Waals surface area contributed by atoms with E-state index in [1.165, 1.54) is 16.7 Å². The molecule has 5 heteroatoms. The van der Waals surface area contributed by atoms with Gasteiger partial charge in [-0.2, -0.15) is 0 Å². The van der Waals surface area contributed by atoms with Gasteiger partial charge in [-0.3, -0.25) is 19.2 Å². The van der Waals surface area contributed by atoms with Crippen molar-refractivity contribution in [2.45, 2.75) is 40.9 Å². The van der Waals surface area contributed by atoms with Crippen LogP contribution in [0.5, 0.6) is 0 Å². The molecule has 0 radical (unpaired) electrons. The summed E-state index contributed by atoms with van der Waals surface area (Å²) in [6.45, 7) is 10.00. The van der Waals surface area contributed by atoms with Crippen LogP contribution in [0, 0.1) is 27.7 Å². The van der Waals surface area contributed by atoms with Gasteiger partial charge in [0.05, 0.1) is 13.3 Å². The predicted molar refractivity (Wildman–Crippen MR) is 113 cm³/mol. The number of hydrogen-bond donors (Lipinski definition) is 0. The van der Waals surface area contributed by atoms with Gasteiger partial charge in [0, 0.05) is 23.5 Å². The maximum Gasteiger partial charge on any atom is 0.259 e. The number of hydrogen-bond acceptors (Lipinski definition) is 4. The number of aryl methyl sites for hydroxylation is 3. The SMILES string of the molecule is Cc1ccc(N2CN(Cc3ccccc3)Cn3c2nc(C)c(C)c3=O)cc1C. The maximum absolute atomic E-state index is 13.0. The van der Waals surface area contributed by atoms with Crippen molar-refractivity contribution in [1.29, 1.82) is 0 Å². The number of benzene rings is 2. The standard InChI is InChI=1S/C23H26N4O/c1-16-10-11-21(12-17(16)2)26-14-25(13-20-8-6-5-7-9-20)15-27-22(28)18(3)19(4)24-23(26)27/h5-12H,13-15H2,1-4H3. The number of aromatic nitrogens is 2. The minimum absolute atomic E-state index is 0.0362. The topological polar surface area (TPSA) is 41.4 Å². The molecule has 0 bridgehead atoms. The summed E-state index contributed by atoms with van der Waals surface area (Å²) in [5, 5.41) is 0. The largest absolute Gasteiger partial charge is 0.298 e. The lowest BCUT2D eigenvalue weighted by molar-refractivity contribution is 0.190. The molecule has 0 amide bonds. The lowest BCUT2D eigenvalue weighted by Gasteiger charge is -2.38. The Morgan fingerprint density at radius 3 is 2.39 bits per heavy atom. The highest BCUT2D eigenvalue weighted by atomic mass is 16.1. The molecule has 0 saturated carbocycles. The molecule has 0 N–H and O–H groups in total. The third-order valence-electron chi connectivity index (χ3n) is 5.59. The summed E-state index contributed by atoms with van der Waals surface area (Å²) in [6, 6.07) is 16.8. The molecule has 5 nitrogen and oxygen atoms in total. The van der Waals surface area contributed by atoms with Crippen LogP contribution >= 0.6 is 0 Å². The first kappa shape index (κ1) is 18.4. The van der Waals surface area contributed by atoms with E-state index in [1.54, 1.807) is 4.57 Å². The van der Waals surface area contributed by atoms with Crippen molar-refractivity contribution in [2.24, 2.45) is 0 Å². The minimum Gasteiger partial charge on any atom is -0.298 e. The molecular formula is C23H26N4O. The van der Waals surface area contributed by atoms with Crippen LogP contribution in [0.15, 0.2) is 53.3 Å². The molecule has 1 aromatic heterocycles. The molecule has 0 unspecified atom stereocenters. The number of rotatable bonds is 3. The molecule has 0 spiro atoms. The number of nitrogens with zero attached hydrogens (tertiary/aromatic N) is 4. The fourth-order valence-corrected chi connectivity index (χ4v) is 3.62. The summed E-state index contributed by atoms with van der Waals surface area (Å²) >= 11 is 0. The van der Waals surface area contributed by atoms with E-state index in [4.69, 9.17) is 4.98 Å². The molecule has 144 valence electrons. The molecule has 4 rings (SSSR count). The van der Waals surface area contributed by atoms with Gasteiger partial charge in [0.1, 0.15) is 0 Å². The normalized spacial score (nSPS) is 14.2. The van der Waals surface area contributed by atoms with Gasteiger partial charge in [-0.05, 0) is 56.5 Å². The van der Waals surface area contributed by atoms with E-state index >= 15 is 0 Å². The highest BCUT2D eigenvalue weighted by molar-refractivity contribution is 5.60. The van der Waals surface area contributed by atoms with Crippen molar-refractivity contribution < 1.29 is 0 Å². The van der Waals surface area contributed by atoms with Crippen LogP contribution < -0.4 is 10.5 Å². The average Bonchev–Trinajstić information content (AvgIpc) is 2.69. The van der Waals surface area contributed by atoms with Gasteiger partial charge < -0.3 is 0 Å². The molecular weight excluding hydrogens is 348 g/mol. The Hall–Kier alpha value is -2.92. The number of anilines is 2. The third kappa shape index (κ3) is 3.34. The third-order valence-corrected chi connectivity index (χ3v) is 5.59. The first-order chi connectivity index (χ1) is 13.4. The lowest BCUT2D eigenvalue weighted by atomic mass is 10.1. The summed E-state index contributed by atoms with van der Waals surface area (Å²) in [4.78, 5) is 22.2. The summed E-state index contributed by atoms with van der Waals surface area (Å²) < 4.78 is 1.80. The van der Waals surface area contributed by atoms with E-state index in [2.05, 4.69) is 66.1 Å². The van der Waals surface area contributed by atoms with Crippen LogP contribution in [0.1, 0.15) is 27.9 Å². The first-order valence-electron chi connectivity index (χ1n) is 9.63. The zero-order chi connectivity index (χ0) is 19.8. The van der Waals surface area contributed by atoms with Crippen molar-refractivity contribution in [2.75, 3.05) is 11.6 Å². The summed E-state index contributed by atoms with van der Waals surface area (Å²) in [5.41, 5.74) is 6.32. The fraction of sp³-hybridized carbons (Fsp3) is 0.304. The van der Waals surface area contributed by atoms with Crippen LogP contribution in [-0.4, -0.2) is 21.1 Å². The molecule has 0 atom stereocenters. The van der Waals surface area contributed by atoms with E-state index in [9.17, 15) is 4.79 Å². The lowest BCUT2D eigenvalue weighted by Crippen LogP contribution is -2.47. The zero-order valence-electron chi connectivity index (χ0n) is 16.9. The molecule has 1 aliphatic rings. The monoisotopic (exact) mass is 374 g/mol. The highest BCUT2D eigenvalue weighted by Crippen LogP contribution is 2.29. The van der Waals surface area contributed by atoms with Crippen molar-refractivity contribution in [1.82, 2.24) is 14.5 Å². The van der Waals surface area contributed by atoms with Crippen molar-refractivity contribution in [3.05, 3.63) is 86.8 Å². The van der Waals surface area contributed by atoms with Gasteiger partial charge in [-0.15, -0.1) is 0 Å². The smallest absolute Gasteiger partial charge is 0.259 e. The molecule has 0 saturated heterocycles. The van der Waals surface area contributed by atoms with Crippen molar-refractivity contribution >= 4 is 11.6 Å². The Kier molecular flexibility index (Phi) is 4.77. The summed E-state index contributed by atoms with van der Waals surface area (Å²) in [6.07, 6.45) is 0. The minimum atomic E-state index is 0.0362. The van der Waals surface area contributed by atoms with Gasteiger partial charge in [-0.25, -0.2) is 4.98 Å². The summed E-state index contributed by atoms with van der Waals surface area (Å²) in [7, 11) is 0. The second-order valence-corrected chi connectivity index (χ2v) is 7.65. The maximum atomic E-state index is 13.0. The van der Waals surface area contributed by atoms with Gasteiger partial charge in [0.2, 0.25) is 5.95 Å². The number of fused-ring (bicyclic) bond motifs is 1.